The zero-order chi connectivity index (χ0) is 27.7. The van der Waals surface area contributed by atoms with E-state index in [-0.39, 0.29) is 40.5 Å². The topological polar surface area (TPSA) is 186 Å². The molecule has 1 heterocycles. The quantitative estimate of drug-likeness (QED) is 0.247. The van der Waals surface area contributed by atoms with Crippen molar-refractivity contribution in [3.63, 3.8) is 0 Å². The lowest BCUT2D eigenvalue weighted by molar-refractivity contribution is -0.148. The standard InChI is InChI=1S/C26H25ClN4O7/c1-31(2)17-13-9-10-8-12-15(20(34)25(30-23(12)27)29-11-6-4-3-5-7-11)18(32)14(10)21(35)26(13,38)22(36)16(19(17)33)24(28)37/h3-7,10,13,17,33-35,38H,8-9H2,1-2H3,(H2,28,37)(H,29,30)/t10-,13-,17-,26-/m0/s1. The Kier molecular flexibility index (Phi) is 5.97. The molecule has 38 heavy (non-hydrogen) atoms. The van der Waals surface area contributed by atoms with Gasteiger partial charge >= 0.3 is 0 Å². The average molecular weight is 541 g/mol. The summed E-state index contributed by atoms with van der Waals surface area (Å²) in [6.07, 6.45) is 0.0203. The molecule has 1 aromatic carbocycles. The second-order valence-corrected chi connectivity index (χ2v) is 10.3. The number of allylic oxidation sites excluding steroid dienone is 1. The van der Waals surface area contributed by atoms with E-state index in [0.29, 0.717) is 5.69 Å². The van der Waals surface area contributed by atoms with Crippen LogP contribution >= 0.6 is 11.6 Å². The normalized spacial score (nSPS) is 26.7. The van der Waals surface area contributed by atoms with Crippen LogP contribution in [0.5, 0.6) is 5.75 Å². The number of anilines is 2. The number of primary amides is 1. The Morgan fingerprint density at radius 2 is 1.84 bits per heavy atom. The van der Waals surface area contributed by atoms with Gasteiger partial charge in [0.1, 0.15) is 22.2 Å². The van der Waals surface area contributed by atoms with Gasteiger partial charge in [0.2, 0.25) is 5.78 Å². The van der Waals surface area contributed by atoms with Crippen molar-refractivity contribution in [2.45, 2.75) is 24.5 Å². The predicted molar refractivity (Wildman–Crippen MR) is 136 cm³/mol. The van der Waals surface area contributed by atoms with Crippen LogP contribution in [0, 0.1) is 11.8 Å². The molecular weight excluding hydrogens is 516 g/mol. The number of likely N-dealkylation sites (N-methyl/N-ethyl adjacent to an activating group) is 1. The number of aromatic nitrogens is 1. The lowest BCUT2D eigenvalue weighted by atomic mass is 9.58. The number of para-hydroxylation sites is 1. The highest BCUT2D eigenvalue weighted by Crippen LogP contribution is 2.53. The van der Waals surface area contributed by atoms with Crippen LogP contribution in [0.1, 0.15) is 22.3 Å². The van der Waals surface area contributed by atoms with Crippen molar-refractivity contribution in [3.05, 3.63) is 69.3 Å². The lowest BCUT2D eigenvalue weighted by Gasteiger charge is -2.50. The Morgan fingerprint density at radius 3 is 2.45 bits per heavy atom. The number of halogens is 1. The molecule has 0 bridgehead atoms. The van der Waals surface area contributed by atoms with Crippen LogP contribution in [0.15, 0.2) is 53.0 Å². The number of aliphatic hydroxyl groups excluding tert-OH is 2. The monoisotopic (exact) mass is 540 g/mol. The lowest BCUT2D eigenvalue weighted by Crippen LogP contribution is -2.63. The number of Topliss-reactive ketones (excluding diaryl/α,β-unsaturated/α-hetero) is 2. The third kappa shape index (κ3) is 3.50. The Hall–Kier alpha value is -3.93. The minimum absolute atomic E-state index is 0.0349. The molecule has 0 unspecified atom stereocenters. The number of rotatable bonds is 4. The summed E-state index contributed by atoms with van der Waals surface area (Å²) in [4.78, 5) is 44.9. The molecule has 0 radical (unpaired) electrons. The molecule has 12 heteroatoms. The molecule has 7 N–H and O–H groups in total. The van der Waals surface area contributed by atoms with Crippen molar-refractivity contribution in [2.75, 3.05) is 19.4 Å². The van der Waals surface area contributed by atoms with Crippen LogP contribution in [-0.2, 0) is 16.0 Å². The molecule has 4 atom stereocenters. The minimum atomic E-state index is -2.71. The molecule has 1 amide bonds. The SMILES string of the molecule is CN(C)[C@@H]1C(O)=C(C(N)=O)C(=O)[C@@]2(O)C(O)=C3C(=O)c4c(O)c(Nc5ccccc5)nc(Cl)c4C[C@H]3C[C@@H]12. The van der Waals surface area contributed by atoms with E-state index >= 15 is 0 Å². The average Bonchev–Trinajstić information content (AvgIpc) is 2.84. The van der Waals surface area contributed by atoms with Gasteiger partial charge in [0, 0.05) is 22.7 Å². The molecule has 3 aliphatic rings. The van der Waals surface area contributed by atoms with Crippen molar-refractivity contribution >= 4 is 40.6 Å². The molecule has 0 spiro atoms. The Morgan fingerprint density at radius 1 is 1.18 bits per heavy atom. The number of carbonyl (C=O) groups is 3. The van der Waals surface area contributed by atoms with Gasteiger partial charge in [-0.3, -0.25) is 19.3 Å². The van der Waals surface area contributed by atoms with Crippen molar-refractivity contribution < 1.29 is 34.8 Å². The molecule has 1 aromatic heterocycles. The van der Waals surface area contributed by atoms with E-state index in [4.69, 9.17) is 17.3 Å². The van der Waals surface area contributed by atoms with Crippen LogP contribution in [0.4, 0.5) is 11.5 Å². The van der Waals surface area contributed by atoms with E-state index in [1.54, 1.807) is 44.4 Å². The number of hydrogen-bond acceptors (Lipinski definition) is 10. The molecular formula is C26H25ClN4O7. The van der Waals surface area contributed by atoms with Gasteiger partial charge in [-0.2, -0.15) is 0 Å². The van der Waals surface area contributed by atoms with E-state index in [1.807, 2.05) is 0 Å². The highest BCUT2D eigenvalue weighted by Gasteiger charge is 2.63. The number of pyridine rings is 1. The van der Waals surface area contributed by atoms with Gasteiger partial charge in [-0.1, -0.05) is 29.8 Å². The third-order valence-electron chi connectivity index (χ3n) is 7.57. The van der Waals surface area contributed by atoms with Gasteiger partial charge in [-0.05, 0) is 45.0 Å². The largest absolute Gasteiger partial charge is 0.510 e. The number of nitrogens with zero attached hydrogens (tertiary/aromatic N) is 2. The summed E-state index contributed by atoms with van der Waals surface area (Å²) >= 11 is 6.46. The zero-order valence-corrected chi connectivity index (χ0v) is 21.2. The summed E-state index contributed by atoms with van der Waals surface area (Å²) in [6.45, 7) is 0. The van der Waals surface area contributed by atoms with Crippen LogP contribution in [0.3, 0.4) is 0 Å². The summed E-state index contributed by atoms with van der Waals surface area (Å²) < 4.78 is 0. The van der Waals surface area contributed by atoms with E-state index in [1.165, 1.54) is 4.90 Å². The van der Waals surface area contributed by atoms with Gasteiger partial charge in [0.05, 0.1) is 11.6 Å². The number of benzene rings is 1. The molecule has 0 saturated carbocycles. The molecule has 3 aliphatic carbocycles. The second kappa shape index (κ2) is 8.83. The van der Waals surface area contributed by atoms with Gasteiger partial charge in [-0.25, -0.2) is 4.98 Å². The molecule has 2 aromatic rings. The van der Waals surface area contributed by atoms with E-state index < -0.39 is 63.8 Å². The van der Waals surface area contributed by atoms with E-state index in [2.05, 4.69) is 10.3 Å². The number of hydrogen-bond donors (Lipinski definition) is 6. The van der Waals surface area contributed by atoms with Crippen molar-refractivity contribution in [3.8, 4) is 5.75 Å². The maximum absolute atomic E-state index is 13.8. The smallest absolute Gasteiger partial charge is 0.255 e. The first-order valence-corrected chi connectivity index (χ1v) is 12.2. The van der Waals surface area contributed by atoms with E-state index in [0.717, 1.165) is 0 Å². The first kappa shape index (κ1) is 25.7. The van der Waals surface area contributed by atoms with Gasteiger partial charge in [0.15, 0.2) is 23.0 Å². The Balaban J connectivity index is 1.67. The summed E-state index contributed by atoms with van der Waals surface area (Å²) in [6, 6.07) is 7.67. The first-order chi connectivity index (χ1) is 17.9. The van der Waals surface area contributed by atoms with Crippen molar-refractivity contribution in [1.82, 2.24) is 9.88 Å². The number of ketones is 2. The fraction of sp³-hybridized carbons (Fsp3) is 0.308. The highest BCUT2D eigenvalue weighted by molar-refractivity contribution is 6.32. The number of aromatic hydroxyl groups is 1. The number of amides is 1. The molecule has 11 nitrogen and oxygen atoms in total. The molecule has 0 aliphatic heterocycles. The maximum atomic E-state index is 13.8. The summed E-state index contributed by atoms with van der Waals surface area (Å²) in [5, 5.41) is 47.7. The minimum Gasteiger partial charge on any atom is -0.510 e. The molecule has 0 fully saturated rings. The van der Waals surface area contributed by atoms with Gasteiger partial charge < -0.3 is 31.5 Å². The van der Waals surface area contributed by atoms with Crippen molar-refractivity contribution in [1.29, 1.82) is 0 Å². The molecule has 0 saturated heterocycles. The Labute approximate surface area is 221 Å². The first-order valence-electron chi connectivity index (χ1n) is 11.8. The van der Waals surface area contributed by atoms with Crippen molar-refractivity contribution in [2.24, 2.45) is 17.6 Å². The number of nitrogens with two attached hydrogens (primary N) is 1. The van der Waals surface area contributed by atoms with Crippen LogP contribution < -0.4 is 11.1 Å². The number of aliphatic hydroxyl groups is 3. The van der Waals surface area contributed by atoms with Crippen LogP contribution in [0.2, 0.25) is 5.15 Å². The maximum Gasteiger partial charge on any atom is 0.255 e. The summed E-state index contributed by atoms with van der Waals surface area (Å²) in [7, 11) is 3.13. The number of carbonyl (C=O) groups excluding carboxylic acids is 3. The van der Waals surface area contributed by atoms with Gasteiger partial charge in [-0.15, -0.1) is 0 Å². The summed E-state index contributed by atoms with van der Waals surface area (Å²) in [5.41, 5.74) is 2.11. The fourth-order valence-electron chi connectivity index (χ4n) is 5.91. The van der Waals surface area contributed by atoms with Crippen LogP contribution in [-0.4, -0.2) is 73.5 Å². The number of nitrogens with one attached hydrogen (secondary N) is 1. The third-order valence-corrected chi connectivity index (χ3v) is 7.89. The van der Waals surface area contributed by atoms with Gasteiger partial charge in [0.25, 0.3) is 5.91 Å². The number of fused-ring (bicyclic) bond motifs is 3. The predicted octanol–water partition coefficient (Wildman–Crippen LogP) is 1.91. The fourth-order valence-corrected chi connectivity index (χ4v) is 6.17. The highest BCUT2D eigenvalue weighted by atomic mass is 35.5. The Bertz CT molecular complexity index is 1470. The van der Waals surface area contributed by atoms with E-state index in [9.17, 15) is 34.8 Å². The zero-order valence-electron chi connectivity index (χ0n) is 20.4. The summed E-state index contributed by atoms with van der Waals surface area (Å²) in [5.74, 6) is -7.44. The second-order valence-electron chi connectivity index (χ2n) is 9.91. The van der Waals surface area contributed by atoms with Crippen LogP contribution in [0.25, 0.3) is 0 Å². The molecule has 198 valence electrons. The molecule has 5 rings (SSSR count).